The Hall–Kier alpha value is -2.38. The smallest absolute Gasteiger partial charge is 0.410 e. The molecule has 2 aromatic rings. The van der Waals surface area contributed by atoms with Crippen LogP contribution >= 0.6 is 0 Å². The van der Waals surface area contributed by atoms with Crippen molar-refractivity contribution in [2.45, 2.75) is 46.6 Å². The monoisotopic (exact) mass is 346 g/mol. The minimum absolute atomic E-state index is 0.247. The van der Waals surface area contributed by atoms with E-state index in [0.29, 0.717) is 18.9 Å². The zero-order valence-corrected chi connectivity index (χ0v) is 15.6. The van der Waals surface area contributed by atoms with Crippen molar-refractivity contribution in [1.29, 1.82) is 0 Å². The molecule has 2 aromatic heterocycles. The van der Waals surface area contributed by atoms with E-state index in [-0.39, 0.29) is 6.09 Å². The molecule has 1 fully saturated rings. The Balaban J connectivity index is 1.81. The molecule has 136 valence electrons. The van der Waals surface area contributed by atoms with E-state index in [9.17, 15) is 4.79 Å². The first-order valence-corrected chi connectivity index (χ1v) is 8.66. The molecule has 0 unspecified atom stereocenters. The minimum Gasteiger partial charge on any atom is -0.444 e. The molecule has 25 heavy (non-hydrogen) atoms. The van der Waals surface area contributed by atoms with Gasteiger partial charge in [0.05, 0.1) is 0 Å². The fourth-order valence-electron chi connectivity index (χ4n) is 3.03. The van der Waals surface area contributed by atoms with Crippen LogP contribution in [-0.4, -0.2) is 62.4 Å². The van der Waals surface area contributed by atoms with Gasteiger partial charge in [0.25, 0.3) is 5.78 Å². The lowest BCUT2D eigenvalue weighted by atomic mass is 10.2. The highest BCUT2D eigenvalue weighted by molar-refractivity contribution is 5.68. The lowest BCUT2D eigenvalue weighted by Gasteiger charge is -2.27. The van der Waals surface area contributed by atoms with E-state index in [2.05, 4.69) is 26.9 Å². The van der Waals surface area contributed by atoms with Crippen LogP contribution in [0.3, 0.4) is 0 Å². The fraction of sp³-hybridized carbons (Fsp3) is 0.647. The number of hydrogen-bond donors (Lipinski definition) is 0. The maximum Gasteiger partial charge on any atom is 0.410 e. The maximum atomic E-state index is 12.3. The molecule has 1 saturated heterocycles. The van der Waals surface area contributed by atoms with E-state index < -0.39 is 5.60 Å². The standard InChI is InChI=1S/C17H26N6O2/c1-12-13(2)20-15-18-11-19-23(15)14(12)21-7-6-8-22(10-9-21)16(24)25-17(3,4)5/h11H,6-10H2,1-5H3. The Morgan fingerprint density at radius 1 is 1.16 bits per heavy atom. The summed E-state index contributed by atoms with van der Waals surface area (Å²) in [6, 6.07) is 0. The van der Waals surface area contributed by atoms with Gasteiger partial charge in [-0.2, -0.15) is 14.6 Å². The molecule has 3 heterocycles. The summed E-state index contributed by atoms with van der Waals surface area (Å²) >= 11 is 0. The number of carbonyl (C=O) groups is 1. The Kier molecular flexibility index (Phi) is 4.53. The molecule has 8 heteroatoms. The summed E-state index contributed by atoms with van der Waals surface area (Å²) in [5.41, 5.74) is 1.56. The molecule has 1 aliphatic rings. The zero-order valence-electron chi connectivity index (χ0n) is 15.6. The van der Waals surface area contributed by atoms with Gasteiger partial charge in [0.1, 0.15) is 17.7 Å². The third-order valence-electron chi connectivity index (χ3n) is 4.32. The van der Waals surface area contributed by atoms with E-state index >= 15 is 0 Å². The van der Waals surface area contributed by atoms with E-state index in [0.717, 1.165) is 36.6 Å². The summed E-state index contributed by atoms with van der Waals surface area (Å²) in [5.74, 6) is 1.61. The van der Waals surface area contributed by atoms with Crippen LogP contribution in [0.25, 0.3) is 5.78 Å². The second-order valence-electron chi connectivity index (χ2n) is 7.43. The van der Waals surface area contributed by atoms with Crippen molar-refractivity contribution in [2.24, 2.45) is 0 Å². The van der Waals surface area contributed by atoms with Crippen LogP contribution in [0, 0.1) is 13.8 Å². The number of aryl methyl sites for hydroxylation is 1. The van der Waals surface area contributed by atoms with Gasteiger partial charge in [0, 0.05) is 37.4 Å². The normalized spacial score (nSPS) is 16.2. The van der Waals surface area contributed by atoms with Crippen molar-refractivity contribution < 1.29 is 9.53 Å². The molecule has 3 rings (SSSR count). The van der Waals surface area contributed by atoms with Crippen molar-refractivity contribution in [3.05, 3.63) is 17.6 Å². The van der Waals surface area contributed by atoms with Gasteiger partial charge in [-0.15, -0.1) is 0 Å². The summed E-state index contributed by atoms with van der Waals surface area (Å²) < 4.78 is 7.29. The molecule has 0 aromatic carbocycles. The van der Waals surface area contributed by atoms with Crippen molar-refractivity contribution in [3.63, 3.8) is 0 Å². The topological polar surface area (TPSA) is 75.9 Å². The van der Waals surface area contributed by atoms with E-state index in [1.165, 1.54) is 6.33 Å². The molecular weight excluding hydrogens is 320 g/mol. The molecule has 0 N–H and O–H groups in total. The van der Waals surface area contributed by atoms with Gasteiger partial charge in [-0.25, -0.2) is 9.78 Å². The largest absolute Gasteiger partial charge is 0.444 e. The van der Waals surface area contributed by atoms with Crippen molar-refractivity contribution in [1.82, 2.24) is 24.5 Å². The molecule has 1 amide bonds. The van der Waals surface area contributed by atoms with Gasteiger partial charge in [0.15, 0.2) is 0 Å². The Morgan fingerprint density at radius 3 is 2.64 bits per heavy atom. The average molecular weight is 346 g/mol. The van der Waals surface area contributed by atoms with Crippen molar-refractivity contribution >= 4 is 17.7 Å². The molecule has 0 saturated carbocycles. The predicted molar refractivity (Wildman–Crippen MR) is 94.9 cm³/mol. The third-order valence-corrected chi connectivity index (χ3v) is 4.32. The number of nitrogens with zero attached hydrogens (tertiary/aromatic N) is 6. The average Bonchev–Trinajstić information content (AvgIpc) is 2.82. The number of ether oxygens (including phenoxy) is 1. The summed E-state index contributed by atoms with van der Waals surface area (Å²) in [5, 5.41) is 4.33. The SMILES string of the molecule is Cc1nc2ncnn2c(N2CCCN(C(=O)OC(C)(C)C)CC2)c1C. The molecule has 0 spiro atoms. The lowest BCUT2D eigenvalue weighted by Crippen LogP contribution is -2.39. The second kappa shape index (κ2) is 6.50. The maximum absolute atomic E-state index is 12.3. The summed E-state index contributed by atoms with van der Waals surface area (Å²) in [4.78, 5) is 25.1. The highest BCUT2D eigenvalue weighted by atomic mass is 16.6. The molecule has 0 aliphatic carbocycles. The van der Waals surface area contributed by atoms with E-state index in [1.807, 2.05) is 27.7 Å². The molecular formula is C17H26N6O2. The number of carbonyl (C=O) groups excluding carboxylic acids is 1. The van der Waals surface area contributed by atoms with Crippen LogP contribution in [0.1, 0.15) is 38.4 Å². The summed E-state index contributed by atoms with van der Waals surface area (Å²) in [6.07, 6.45) is 2.15. The molecule has 1 aliphatic heterocycles. The number of rotatable bonds is 1. The van der Waals surface area contributed by atoms with Crippen LogP contribution in [0.4, 0.5) is 10.6 Å². The molecule has 0 atom stereocenters. The predicted octanol–water partition coefficient (Wildman–Crippen LogP) is 2.19. The second-order valence-corrected chi connectivity index (χ2v) is 7.43. The van der Waals surface area contributed by atoms with Crippen LogP contribution in [-0.2, 0) is 4.74 Å². The van der Waals surface area contributed by atoms with E-state index in [1.54, 1.807) is 9.42 Å². The first kappa shape index (κ1) is 17.4. The number of anilines is 1. The third kappa shape index (κ3) is 3.67. The minimum atomic E-state index is -0.477. The summed E-state index contributed by atoms with van der Waals surface area (Å²) in [6.45, 7) is 12.6. The number of aromatic nitrogens is 4. The van der Waals surface area contributed by atoms with Gasteiger partial charge in [0.2, 0.25) is 0 Å². The Labute approximate surface area is 147 Å². The van der Waals surface area contributed by atoms with Crippen LogP contribution in [0.15, 0.2) is 6.33 Å². The highest BCUT2D eigenvalue weighted by Crippen LogP contribution is 2.24. The van der Waals surface area contributed by atoms with Crippen molar-refractivity contribution in [3.8, 4) is 0 Å². The first-order chi connectivity index (χ1) is 11.8. The molecule has 0 bridgehead atoms. The number of hydrogen-bond acceptors (Lipinski definition) is 6. The number of fused-ring (bicyclic) bond motifs is 1. The van der Waals surface area contributed by atoms with Gasteiger partial charge in [-0.05, 0) is 41.0 Å². The highest BCUT2D eigenvalue weighted by Gasteiger charge is 2.26. The Morgan fingerprint density at radius 2 is 1.92 bits per heavy atom. The van der Waals surface area contributed by atoms with Gasteiger partial charge in [-0.1, -0.05) is 0 Å². The zero-order chi connectivity index (χ0) is 18.2. The Bertz CT molecular complexity index is 779. The number of amides is 1. The van der Waals surface area contributed by atoms with Gasteiger partial charge >= 0.3 is 6.09 Å². The quantitative estimate of drug-likeness (QED) is 0.788. The molecule has 8 nitrogen and oxygen atoms in total. The van der Waals surface area contributed by atoms with Gasteiger partial charge in [-0.3, -0.25) is 0 Å². The first-order valence-electron chi connectivity index (χ1n) is 8.66. The van der Waals surface area contributed by atoms with Crippen LogP contribution in [0.2, 0.25) is 0 Å². The summed E-state index contributed by atoms with van der Waals surface area (Å²) in [7, 11) is 0. The molecule has 0 radical (unpaired) electrons. The lowest BCUT2D eigenvalue weighted by molar-refractivity contribution is 0.0263. The van der Waals surface area contributed by atoms with E-state index in [4.69, 9.17) is 4.74 Å². The van der Waals surface area contributed by atoms with Crippen LogP contribution in [0.5, 0.6) is 0 Å². The van der Waals surface area contributed by atoms with Crippen molar-refractivity contribution in [2.75, 3.05) is 31.1 Å². The van der Waals surface area contributed by atoms with Crippen LogP contribution < -0.4 is 4.90 Å². The van der Waals surface area contributed by atoms with Gasteiger partial charge < -0.3 is 14.5 Å². The fourth-order valence-corrected chi connectivity index (χ4v) is 3.03.